The summed E-state index contributed by atoms with van der Waals surface area (Å²) in [5, 5.41) is 4.30. The third kappa shape index (κ3) is 5.84. The summed E-state index contributed by atoms with van der Waals surface area (Å²) in [5.41, 5.74) is 7.97. The number of imidazole rings is 1. The number of nitrogens with two attached hydrogens (primary N) is 1. The Kier molecular flexibility index (Phi) is 7.05. The van der Waals surface area contributed by atoms with Gasteiger partial charge in [0.25, 0.3) is 0 Å². The van der Waals surface area contributed by atoms with E-state index >= 15 is 0 Å². The lowest BCUT2D eigenvalue weighted by Crippen LogP contribution is -2.05. The van der Waals surface area contributed by atoms with Crippen LogP contribution in [0, 0.1) is 6.92 Å². The summed E-state index contributed by atoms with van der Waals surface area (Å²) in [6, 6.07) is 14.4. The number of aromatic nitrogens is 2. The predicted molar refractivity (Wildman–Crippen MR) is 114 cm³/mol. The van der Waals surface area contributed by atoms with Gasteiger partial charge in [0.2, 0.25) is 5.95 Å². The predicted octanol–water partition coefficient (Wildman–Crippen LogP) is 3.29. The van der Waals surface area contributed by atoms with E-state index < -0.39 is 0 Å². The van der Waals surface area contributed by atoms with Gasteiger partial charge in [-0.25, -0.2) is 14.5 Å². The Bertz CT molecular complexity index is 1010. The van der Waals surface area contributed by atoms with E-state index in [1.165, 1.54) is 11.8 Å². The molecule has 0 saturated heterocycles. The van der Waals surface area contributed by atoms with Gasteiger partial charge in [-0.1, -0.05) is 12.1 Å². The van der Waals surface area contributed by atoms with Gasteiger partial charge in [-0.15, -0.1) is 0 Å². The Balaban J connectivity index is 1.43. The van der Waals surface area contributed by atoms with Crippen molar-refractivity contribution in [3.63, 3.8) is 0 Å². The lowest BCUT2D eigenvalue weighted by molar-refractivity contribution is 0.0600. The van der Waals surface area contributed by atoms with Crippen LogP contribution in [-0.4, -0.2) is 42.2 Å². The molecule has 1 heterocycles. The highest BCUT2D eigenvalue weighted by molar-refractivity contribution is 5.89. The Morgan fingerprint density at radius 2 is 1.87 bits per heavy atom. The van der Waals surface area contributed by atoms with Crippen molar-refractivity contribution < 1.29 is 19.0 Å². The van der Waals surface area contributed by atoms with E-state index in [0.29, 0.717) is 36.9 Å². The quantitative estimate of drug-likeness (QED) is 0.331. The highest BCUT2D eigenvalue weighted by Gasteiger charge is 2.04. The molecule has 0 atom stereocenters. The molecule has 3 aromatic rings. The van der Waals surface area contributed by atoms with Crippen LogP contribution in [0.4, 0.5) is 5.95 Å². The Labute approximate surface area is 174 Å². The molecule has 2 N–H and O–H groups in total. The van der Waals surface area contributed by atoms with Crippen molar-refractivity contribution in [2.45, 2.75) is 13.3 Å². The zero-order valence-electron chi connectivity index (χ0n) is 16.9. The number of nitrogens with zero attached hydrogens (tertiary/aromatic N) is 3. The molecule has 3 rings (SSSR count). The fourth-order valence-electron chi connectivity index (χ4n) is 2.65. The van der Waals surface area contributed by atoms with E-state index in [1.54, 1.807) is 36.7 Å². The number of esters is 1. The topological polar surface area (TPSA) is 101 Å². The molecule has 1 aromatic heterocycles. The summed E-state index contributed by atoms with van der Waals surface area (Å²) >= 11 is 0. The standard InChI is InChI=1S/C22H24N4O4/c1-16-15-26(22(23)25-16)24-14-17-5-3-6-20(13-17)30-12-4-11-29-19-9-7-18(8-10-19)21(27)28-2/h3,5-10,13-15H,4,11-12H2,1-2H3,(H2,23,25). The van der Waals surface area contributed by atoms with Crippen molar-refractivity contribution in [3.8, 4) is 11.5 Å². The summed E-state index contributed by atoms with van der Waals surface area (Å²) < 4.78 is 17.6. The van der Waals surface area contributed by atoms with Crippen molar-refractivity contribution in [1.82, 2.24) is 9.66 Å². The first-order valence-corrected chi connectivity index (χ1v) is 9.45. The van der Waals surface area contributed by atoms with E-state index in [2.05, 4.69) is 14.8 Å². The van der Waals surface area contributed by atoms with Gasteiger partial charge in [0.05, 0.1) is 44.0 Å². The number of ether oxygens (including phenoxy) is 3. The second kappa shape index (κ2) is 10.1. The molecule has 0 amide bonds. The molecular weight excluding hydrogens is 384 g/mol. The normalized spacial score (nSPS) is 10.9. The van der Waals surface area contributed by atoms with Gasteiger partial charge >= 0.3 is 5.97 Å². The number of nitrogen functional groups attached to an aromatic ring is 1. The summed E-state index contributed by atoms with van der Waals surface area (Å²) in [6.45, 7) is 2.87. The van der Waals surface area contributed by atoms with Crippen LogP contribution in [0.1, 0.15) is 28.0 Å². The van der Waals surface area contributed by atoms with E-state index in [0.717, 1.165) is 17.0 Å². The van der Waals surface area contributed by atoms with E-state index in [-0.39, 0.29) is 5.97 Å². The molecule has 0 saturated carbocycles. The largest absolute Gasteiger partial charge is 0.493 e. The number of carbonyl (C=O) groups excluding carboxylic acids is 1. The van der Waals surface area contributed by atoms with Crippen LogP contribution >= 0.6 is 0 Å². The van der Waals surface area contributed by atoms with E-state index in [4.69, 9.17) is 15.2 Å². The molecule has 0 aliphatic heterocycles. The second-order valence-corrected chi connectivity index (χ2v) is 6.47. The molecule has 2 aromatic carbocycles. The maximum Gasteiger partial charge on any atom is 0.337 e. The van der Waals surface area contributed by atoms with Crippen molar-refractivity contribution in [1.29, 1.82) is 0 Å². The number of hydrogen-bond acceptors (Lipinski definition) is 7. The molecule has 0 spiro atoms. The number of aryl methyl sites for hydroxylation is 1. The molecule has 0 aliphatic carbocycles. The average Bonchev–Trinajstić information content (AvgIpc) is 3.09. The molecular formula is C22H24N4O4. The second-order valence-electron chi connectivity index (χ2n) is 6.47. The van der Waals surface area contributed by atoms with Crippen LogP contribution in [0.3, 0.4) is 0 Å². The van der Waals surface area contributed by atoms with Crippen molar-refractivity contribution >= 4 is 18.1 Å². The molecule has 0 radical (unpaired) electrons. The molecule has 8 heteroatoms. The van der Waals surface area contributed by atoms with Crippen LogP contribution in [0.2, 0.25) is 0 Å². The minimum absolute atomic E-state index is 0.344. The lowest BCUT2D eigenvalue weighted by atomic mass is 10.2. The van der Waals surface area contributed by atoms with E-state index in [9.17, 15) is 4.79 Å². The van der Waals surface area contributed by atoms with Crippen molar-refractivity contribution in [2.24, 2.45) is 5.10 Å². The SMILES string of the molecule is COC(=O)c1ccc(OCCCOc2cccc(C=Nn3cc(C)nc3N)c2)cc1. The molecule has 8 nitrogen and oxygen atoms in total. The van der Waals surface area contributed by atoms with Gasteiger partial charge in [-0.2, -0.15) is 5.10 Å². The van der Waals surface area contributed by atoms with Crippen LogP contribution in [0.5, 0.6) is 11.5 Å². The number of methoxy groups -OCH3 is 1. The molecule has 0 bridgehead atoms. The number of anilines is 1. The third-order valence-corrected chi connectivity index (χ3v) is 4.13. The Morgan fingerprint density at radius 1 is 1.13 bits per heavy atom. The first kappa shape index (κ1) is 20.9. The summed E-state index contributed by atoms with van der Waals surface area (Å²) in [5.74, 6) is 1.41. The summed E-state index contributed by atoms with van der Waals surface area (Å²) in [4.78, 5) is 15.5. The Hall–Kier alpha value is -3.81. The maximum atomic E-state index is 11.4. The first-order chi connectivity index (χ1) is 14.5. The van der Waals surface area contributed by atoms with Crippen molar-refractivity contribution in [2.75, 3.05) is 26.1 Å². The fraction of sp³-hybridized carbons (Fsp3) is 0.227. The van der Waals surface area contributed by atoms with Crippen molar-refractivity contribution in [3.05, 3.63) is 71.5 Å². The number of benzene rings is 2. The zero-order valence-corrected chi connectivity index (χ0v) is 16.9. The highest BCUT2D eigenvalue weighted by Crippen LogP contribution is 2.15. The van der Waals surface area contributed by atoms with Gasteiger partial charge in [-0.05, 0) is 48.9 Å². The fourth-order valence-corrected chi connectivity index (χ4v) is 2.65. The molecule has 0 aliphatic rings. The van der Waals surface area contributed by atoms with Crippen LogP contribution in [0.15, 0.2) is 59.8 Å². The van der Waals surface area contributed by atoms with Crippen LogP contribution in [0.25, 0.3) is 0 Å². The van der Waals surface area contributed by atoms with Crippen LogP contribution < -0.4 is 15.2 Å². The smallest absolute Gasteiger partial charge is 0.337 e. The van der Waals surface area contributed by atoms with Gasteiger partial charge < -0.3 is 19.9 Å². The number of carbonyl (C=O) groups is 1. The summed E-state index contributed by atoms with van der Waals surface area (Å²) in [7, 11) is 1.35. The summed E-state index contributed by atoms with van der Waals surface area (Å²) in [6.07, 6.45) is 4.17. The number of hydrogen-bond donors (Lipinski definition) is 1. The minimum atomic E-state index is -0.370. The molecule has 156 valence electrons. The number of rotatable bonds is 9. The molecule has 0 fully saturated rings. The van der Waals surface area contributed by atoms with Gasteiger partial charge in [-0.3, -0.25) is 0 Å². The molecule has 30 heavy (non-hydrogen) atoms. The maximum absolute atomic E-state index is 11.4. The highest BCUT2D eigenvalue weighted by atomic mass is 16.5. The zero-order chi connectivity index (χ0) is 21.3. The van der Waals surface area contributed by atoms with Gasteiger partial charge in [0.15, 0.2) is 0 Å². The van der Waals surface area contributed by atoms with E-state index in [1.807, 2.05) is 31.2 Å². The minimum Gasteiger partial charge on any atom is -0.493 e. The lowest BCUT2D eigenvalue weighted by Gasteiger charge is -2.09. The van der Waals surface area contributed by atoms with Crippen LogP contribution in [-0.2, 0) is 4.74 Å². The third-order valence-electron chi connectivity index (χ3n) is 4.13. The average molecular weight is 408 g/mol. The van der Waals surface area contributed by atoms with Gasteiger partial charge in [0, 0.05) is 6.42 Å². The first-order valence-electron chi connectivity index (χ1n) is 9.45. The Morgan fingerprint density at radius 3 is 2.53 bits per heavy atom. The molecule has 0 unspecified atom stereocenters. The van der Waals surface area contributed by atoms with Gasteiger partial charge in [0.1, 0.15) is 11.5 Å². The monoisotopic (exact) mass is 408 g/mol.